The van der Waals surface area contributed by atoms with Gasteiger partial charge in [-0.05, 0) is 59.4 Å². The van der Waals surface area contributed by atoms with Crippen molar-refractivity contribution in [2.45, 2.75) is 57.3 Å². The zero-order chi connectivity index (χ0) is 33.4. The quantitative estimate of drug-likeness (QED) is 0.103. The van der Waals surface area contributed by atoms with Crippen LogP contribution < -0.4 is 21.7 Å². The van der Waals surface area contributed by atoms with Crippen LogP contribution in [0.5, 0.6) is 11.5 Å². The number of phenolic OH excluding ortho intramolecular Hbond substituents is 2. The number of nitrogens with one attached hydrogen (secondary N) is 4. The first kappa shape index (κ1) is 33.5. The van der Waals surface area contributed by atoms with Crippen LogP contribution >= 0.6 is 0 Å². The molecule has 3 aromatic carbocycles. The van der Waals surface area contributed by atoms with Crippen LogP contribution in [0, 0.1) is 5.92 Å². The molecule has 0 radical (unpaired) electrons. The van der Waals surface area contributed by atoms with E-state index in [-0.39, 0.29) is 30.8 Å². The number of nitrogens with two attached hydrogens (primary N) is 1. The molecule has 0 aliphatic heterocycles. The lowest BCUT2D eigenvalue weighted by Crippen LogP contribution is -2.58. The van der Waals surface area contributed by atoms with Crippen LogP contribution in [0.3, 0.4) is 0 Å². The molecule has 0 aliphatic rings. The van der Waals surface area contributed by atoms with E-state index in [2.05, 4.69) is 20.9 Å². The van der Waals surface area contributed by atoms with E-state index < -0.39 is 53.8 Å². The summed E-state index contributed by atoms with van der Waals surface area (Å²) >= 11 is 0. The smallest absolute Gasteiger partial charge is 0.326 e. The Kier molecular flexibility index (Phi) is 11.0. The molecule has 9 N–H and O–H groups in total. The minimum atomic E-state index is -1.23. The number of aliphatic carboxylic acids is 1. The van der Waals surface area contributed by atoms with Crippen LogP contribution in [0.2, 0.25) is 0 Å². The average molecular weight is 630 g/mol. The van der Waals surface area contributed by atoms with Gasteiger partial charge in [-0.25, -0.2) is 4.79 Å². The highest BCUT2D eigenvalue weighted by Crippen LogP contribution is 2.19. The Hall–Kier alpha value is -5.36. The summed E-state index contributed by atoms with van der Waals surface area (Å²) in [6, 6.07) is 15.1. The van der Waals surface area contributed by atoms with Gasteiger partial charge in [-0.3, -0.25) is 14.4 Å². The molecule has 4 rings (SSSR count). The molecular weight excluding hydrogens is 590 g/mol. The van der Waals surface area contributed by atoms with Gasteiger partial charge in [0.05, 0.1) is 6.04 Å². The molecule has 0 fully saturated rings. The van der Waals surface area contributed by atoms with Crippen LogP contribution in [0.25, 0.3) is 10.9 Å². The number of benzene rings is 3. The van der Waals surface area contributed by atoms with Crippen molar-refractivity contribution in [3.8, 4) is 11.5 Å². The van der Waals surface area contributed by atoms with Crippen LogP contribution in [0.1, 0.15) is 30.5 Å². The van der Waals surface area contributed by atoms with Gasteiger partial charge >= 0.3 is 5.97 Å². The second kappa shape index (κ2) is 15.1. The van der Waals surface area contributed by atoms with E-state index in [0.717, 1.165) is 16.5 Å². The van der Waals surface area contributed by atoms with Gasteiger partial charge in [-0.1, -0.05) is 56.3 Å². The summed E-state index contributed by atoms with van der Waals surface area (Å²) in [5.74, 6) is -3.64. The SMILES string of the molecule is CC(C)C(NC(=O)C(Cc1ccc(O)cc1)NC(=O)C(Cc1ccc(O)cc1)NC(=O)C(N)Cc1c[nH]c2ccccc12)C(=O)O. The third kappa shape index (κ3) is 8.85. The Morgan fingerprint density at radius 1 is 0.717 bits per heavy atom. The number of rotatable bonds is 14. The summed E-state index contributed by atoms with van der Waals surface area (Å²) in [7, 11) is 0. The minimum absolute atomic E-state index is 0.00888. The molecule has 12 heteroatoms. The van der Waals surface area contributed by atoms with Gasteiger partial charge < -0.3 is 42.0 Å². The van der Waals surface area contributed by atoms with Crippen molar-refractivity contribution in [3.05, 3.63) is 95.7 Å². The Balaban J connectivity index is 1.56. The summed E-state index contributed by atoms with van der Waals surface area (Å²) in [4.78, 5) is 55.6. The van der Waals surface area contributed by atoms with Crippen molar-refractivity contribution in [2.75, 3.05) is 0 Å². The Morgan fingerprint density at radius 3 is 1.74 bits per heavy atom. The molecule has 0 spiro atoms. The fraction of sp³-hybridized carbons (Fsp3) is 0.294. The summed E-state index contributed by atoms with van der Waals surface area (Å²) < 4.78 is 0. The number of aromatic amines is 1. The van der Waals surface area contributed by atoms with Gasteiger partial charge in [-0.2, -0.15) is 0 Å². The molecule has 242 valence electrons. The van der Waals surface area contributed by atoms with Crippen molar-refractivity contribution >= 4 is 34.6 Å². The number of carbonyl (C=O) groups excluding carboxylic acids is 3. The molecule has 3 amide bonds. The van der Waals surface area contributed by atoms with E-state index in [1.165, 1.54) is 24.3 Å². The lowest BCUT2D eigenvalue weighted by molar-refractivity contribution is -0.143. The Bertz CT molecular complexity index is 1670. The van der Waals surface area contributed by atoms with Crippen molar-refractivity contribution in [1.82, 2.24) is 20.9 Å². The molecular formula is C34H39N5O7. The molecule has 0 saturated carbocycles. The van der Waals surface area contributed by atoms with Gasteiger partial charge in [0.25, 0.3) is 0 Å². The highest BCUT2D eigenvalue weighted by molar-refractivity contribution is 5.94. The number of hydrogen-bond acceptors (Lipinski definition) is 7. The maximum atomic E-state index is 13.8. The van der Waals surface area contributed by atoms with E-state index in [0.29, 0.717) is 11.1 Å². The van der Waals surface area contributed by atoms with Gasteiger partial charge in [0.15, 0.2) is 0 Å². The largest absolute Gasteiger partial charge is 0.508 e. The Morgan fingerprint density at radius 2 is 1.22 bits per heavy atom. The number of para-hydroxylation sites is 1. The highest BCUT2D eigenvalue weighted by Gasteiger charge is 2.32. The third-order valence-electron chi connectivity index (χ3n) is 7.70. The van der Waals surface area contributed by atoms with Gasteiger partial charge in [0.2, 0.25) is 17.7 Å². The first-order valence-corrected chi connectivity index (χ1v) is 14.9. The van der Waals surface area contributed by atoms with E-state index in [1.54, 1.807) is 44.3 Å². The molecule has 1 heterocycles. The summed E-state index contributed by atoms with van der Waals surface area (Å²) in [6.07, 6.45) is 1.96. The van der Waals surface area contributed by atoms with E-state index >= 15 is 0 Å². The standard InChI is InChI=1S/C34H39N5O7/c1-19(2)30(34(45)46)39-33(44)29(16-21-9-13-24(41)14-10-21)38-32(43)28(15-20-7-11-23(40)12-8-20)37-31(42)26(35)17-22-18-36-27-6-4-3-5-25(22)27/h3-14,18-19,26,28-30,36,40-41H,15-17,35H2,1-2H3,(H,37,42)(H,38,43)(H,39,44)(H,45,46). The zero-order valence-corrected chi connectivity index (χ0v) is 25.6. The molecule has 1 aromatic heterocycles. The number of aromatic hydroxyl groups is 2. The van der Waals surface area contributed by atoms with Crippen molar-refractivity contribution in [1.29, 1.82) is 0 Å². The van der Waals surface area contributed by atoms with Crippen LogP contribution in [0.4, 0.5) is 0 Å². The molecule has 0 aliphatic carbocycles. The number of carboxylic acid groups (broad SMARTS) is 1. The van der Waals surface area contributed by atoms with Crippen LogP contribution in [-0.2, 0) is 38.4 Å². The van der Waals surface area contributed by atoms with Crippen LogP contribution in [0.15, 0.2) is 79.0 Å². The number of hydrogen-bond donors (Lipinski definition) is 8. The molecule has 4 atom stereocenters. The summed E-state index contributed by atoms with van der Waals surface area (Å²) in [5.41, 5.74) is 9.25. The maximum absolute atomic E-state index is 13.8. The molecule has 4 aromatic rings. The fourth-order valence-corrected chi connectivity index (χ4v) is 5.10. The Labute approximate surface area is 266 Å². The predicted octanol–water partition coefficient (Wildman–Crippen LogP) is 2.13. The lowest BCUT2D eigenvalue weighted by Gasteiger charge is -2.26. The van der Waals surface area contributed by atoms with Crippen molar-refractivity contribution in [3.63, 3.8) is 0 Å². The average Bonchev–Trinajstić information content (AvgIpc) is 3.43. The second-order valence-corrected chi connectivity index (χ2v) is 11.6. The maximum Gasteiger partial charge on any atom is 0.326 e. The van der Waals surface area contributed by atoms with Gasteiger partial charge in [-0.15, -0.1) is 0 Å². The lowest BCUT2D eigenvalue weighted by atomic mass is 10.00. The van der Waals surface area contributed by atoms with Gasteiger partial charge in [0.1, 0.15) is 29.6 Å². The molecule has 12 nitrogen and oxygen atoms in total. The molecule has 0 bridgehead atoms. The number of phenols is 2. The zero-order valence-electron chi connectivity index (χ0n) is 25.6. The summed E-state index contributed by atoms with van der Waals surface area (Å²) in [5, 5.41) is 37.9. The first-order valence-electron chi connectivity index (χ1n) is 14.9. The van der Waals surface area contributed by atoms with Crippen LogP contribution in [-0.4, -0.2) is 68.2 Å². The topological polar surface area (TPSA) is 207 Å². The second-order valence-electron chi connectivity index (χ2n) is 11.6. The number of aromatic nitrogens is 1. The van der Waals surface area contributed by atoms with Gasteiger partial charge in [0, 0.05) is 29.9 Å². The number of carboxylic acids is 1. The normalized spacial score (nSPS) is 13.8. The third-order valence-corrected chi connectivity index (χ3v) is 7.70. The van der Waals surface area contributed by atoms with Crippen molar-refractivity contribution < 1.29 is 34.5 Å². The van der Waals surface area contributed by atoms with Crippen molar-refractivity contribution in [2.24, 2.45) is 11.7 Å². The van der Waals surface area contributed by atoms with E-state index in [1.807, 2.05) is 24.3 Å². The monoisotopic (exact) mass is 629 g/mol. The highest BCUT2D eigenvalue weighted by atomic mass is 16.4. The number of fused-ring (bicyclic) bond motifs is 1. The number of carbonyl (C=O) groups is 4. The molecule has 0 saturated heterocycles. The minimum Gasteiger partial charge on any atom is -0.508 e. The van der Waals surface area contributed by atoms with E-state index in [4.69, 9.17) is 5.73 Å². The molecule has 4 unspecified atom stereocenters. The molecule has 46 heavy (non-hydrogen) atoms. The number of amides is 3. The fourth-order valence-electron chi connectivity index (χ4n) is 5.10. The van der Waals surface area contributed by atoms with E-state index in [9.17, 15) is 34.5 Å². The predicted molar refractivity (Wildman–Crippen MR) is 172 cm³/mol. The number of H-pyrrole nitrogens is 1. The first-order chi connectivity index (χ1) is 21.9. The summed E-state index contributed by atoms with van der Waals surface area (Å²) in [6.45, 7) is 3.30.